The van der Waals surface area contributed by atoms with Gasteiger partial charge in [0.1, 0.15) is 4.90 Å². The van der Waals surface area contributed by atoms with E-state index in [9.17, 15) is 8.42 Å². The van der Waals surface area contributed by atoms with Crippen LogP contribution < -0.4 is 5.73 Å². The van der Waals surface area contributed by atoms with E-state index in [1.54, 1.807) is 0 Å². The molecule has 2 N–H and O–H groups in total. The third-order valence-corrected chi connectivity index (χ3v) is 6.82. The van der Waals surface area contributed by atoms with E-state index >= 15 is 0 Å². The minimum Gasteiger partial charge on any atom is -0.327 e. The van der Waals surface area contributed by atoms with E-state index in [0.717, 1.165) is 0 Å². The van der Waals surface area contributed by atoms with Crippen molar-refractivity contribution in [3.05, 3.63) is 27.2 Å². The van der Waals surface area contributed by atoms with Gasteiger partial charge in [-0.2, -0.15) is 4.31 Å². The highest BCUT2D eigenvalue weighted by Crippen LogP contribution is 2.37. The van der Waals surface area contributed by atoms with Crippen molar-refractivity contribution in [3.8, 4) is 0 Å². The Labute approximate surface area is 152 Å². The van der Waals surface area contributed by atoms with E-state index in [4.69, 9.17) is 40.5 Å². The second-order valence-electron chi connectivity index (χ2n) is 5.92. The van der Waals surface area contributed by atoms with Crippen LogP contribution in [0, 0.1) is 5.41 Å². The maximum Gasteiger partial charge on any atom is 0.246 e. The van der Waals surface area contributed by atoms with Gasteiger partial charge in [0.2, 0.25) is 10.0 Å². The Balaban J connectivity index is 0.00000242. The van der Waals surface area contributed by atoms with Gasteiger partial charge in [-0.05, 0) is 24.0 Å². The molecule has 1 heterocycles. The molecule has 1 aliphatic rings. The summed E-state index contributed by atoms with van der Waals surface area (Å²) in [6.07, 6.45) is 0.592. The van der Waals surface area contributed by atoms with Crippen molar-refractivity contribution in [3.63, 3.8) is 0 Å². The van der Waals surface area contributed by atoms with E-state index in [-0.39, 0.29) is 38.8 Å². The molecule has 126 valence electrons. The molecule has 1 aliphatic heterocycles. The van der Waals surface area contributed by atoms with Crippen LogP contribution in [0.3, 0.4) is 0 Å². The van der Waals surface area contributed by atoms with Crippen LogP contribution in [0.1, 0.15) is 20.3 Å². The SMILES string of the molecule is CC1(C)CN(S(=O)(=O)c2c(Cl)cc(Cl)cc2Cl)CCC1N.Cl. The molecule has 0 saturated carbocycles. The van der Waals surface area contributed by atoms with Gasteiger partial charge in [-0.1, -0.05) is 48.7 Å². The molecule has 1 fully saturated rings. The van der Waals surface area contributed by atoms with Gasteiger partial charge in [-0.15, -0.1) is 12.4 Å². The summed E-state index contributed by atoms with van der Waals surface area (Å²) in [5, 5.41) is 0.352. The second-order valence-corrected chi connectivity index (χ2v) is 9.05. The molecule has 0 radical (unpaired) electrons. The first-order chi connectivity index (χ1) is 9.55. The number of halogens is 4. The van der Waals surface area contributed by atoms with Crippen LogP contribution in [-0.4, -0.2) is 31.9 Å². The standard InChI is InChI=1S/C13H17Cl3N2O2S.ClH/c1-13(2)7-18(4-3-11(13)17)21(19,20)12-9(15)5-8(14)6-10(12)16;/h5-6,11H,3-4,7,17H2,1-2H3;1H. The zero-order valence-electron chi connectivity index (χ0n) is 12.1. The number of nitrogens with two attached hydrogens (primary N) is 1. The van der Waals surface area contributed by atoms with Crippen molar-refractivity contribution < 1.29 is 8.42 Å². The molecule has 0 bridgehead atoms. The zero-order valence-corrected chi connectivity index (χ0v) is 16.0. The fraction of sp³-hybridized carbons (Fsp3) is 0.538. The monoisotopic (exact) mass is 406 g/mol. The van der Waals surface area contributed by atoms with Crippen LogP contribution in [0.5, 0.6) is 0 Å². The first-order valence-corrected chi connectivity index (χ1v) is 9.03. The largest absolute Gasteiger partial charge is 0.327 e. The summed E-state index contributed by atoms with van der Waals surface area (Å²) < 4.78 is 27.0. The molecule has 0 aliphatic carbocycles. The Morgan fingerprint density at radius 3 is 2.18 bits per heavy atom. The van der Waals surface area contributed by atoms with E-state index < -0.39 is 10.0 Å². The van der Waals surface area contributed by atoms with Gasteiger partial charge >= 0.3 is 0 Å². The topological polar surface area (TPSA) is 63.4 Å². The molecule has 1 saturated heterocycles. The lowest BCUT2D eigenvalue weighted by atomic mass is 9.81. The highest BCUT2D eigenvalue weighted by atomic mass is 35.5. The number of benzene rings is 1. The van der Waals surface area contributed by atoms with E-state index in [0.29, 0.717) is 24.5 Å². The molecule has 0 aromatic heterocycles. The normalized spacial score (nSPS) is 22.2. The summed E-state index contributed by atoms with van der Waals surface area (Å²) in [6.45, 7) is 4.57. The van der Waals surface area contributed by atoms with Crippen molar-refractivity contribution in [2.45, 2.75) is 31.2 Å². The average Bonchev–Trinajstić information content (AvgIpc) is 2.30. The predicted molar refractivity (Wildman–Crippen MR) is 93.9 cm³/mol. The third-order valence-electron chi connectivity index (χ3n) is 3.84. The molecule has 2 rings (SSSR count). The molecule has 1 aromatic carbocycles. The number of rotatable bonds is 2. The van der Waals surface area contributed by atoms with Crippen LogP contribution in [-0.2, 0) is 10.0 Å². The lowest BCUT2D eigenvalue weighted by Crippen LogP contribution is -2.53. The molecule has 0 amide bonds. The second kappa shape index (κ2) is 7.01. The minimum atomic E-state index is -3.78. The maximum absolute atomic E-state index is 12.8. The van der Waals surface area contributed by atoms with E-state index in [1.807, 2.05) is 13.8 Å². The van der Waals surface area contributed by atoms with Crippen LogP contribution in [0.15, 0.2) is 17.0 Å². The smallest absolute Gasteiger partial charge is 0.246 e. The third kappa shape index (κ3) is 3.83. The zero-order chi connectivity index (χ0) is 16.0. The van der Waals surface area contributed by atoms with Crippen LogP contribution in [0.25, 0.3) is 0 Å². The Hall–Kier alpha value is 0.250. The summed E-state index contributed by atoms with van der Waals surface area (Å²) in [5.41, 5.74) is 5.74. The van der Waals surface area contributed by atoms with Gasteiger partial charge in [0.05, 0.1) is 10.0 Å². The molecule has 0 spiro atoms. The Morgan fingerprint density at radius 2 is 1.73 bits per heavy atom. The number of nitrogens with zero attached hydrogens (tertiary/aromatic N) is 1. The van der Waals surface area contributed by atoms with Crippen LogP contribution >= 0.6 is 47.2 Å². The van der Waals surface area contributed by atoms with Gasteiger partial charge in [0, 0.05) is 24.2 Å². The molecule has 9 heteroatoms. The fourth-order valence-electron chi connectivity index (χ4n) is 2.43. The van der Waals surface area contributed by atoms with Gasteiger partial charge in [-0.25, -0.2) is 8.42 Å². The first kappa shape index (κ1) is 20.3. The molecular weight excluding hydrogens is 390 g/mol. The Bertz CT molecular complexity index is 641. The molecular formula is C13H18Cl4N2O2S. The van der Waals surface area contributed by atoms with Crippen molar-refractivity contribution in [2.75, 3.05) is 13.1 Å². The Morgan fingerprint density at radius 1 is 1.23 bits per heavy atom. The number of piperidine rings is 1. The first-order valence-electron chi connectivity index (χ1n) is 6.46. The van der Waals surface area contributed by atoms with Gasteiger partial charge < -0.3 is 5.73 Å². The molecule has 1 aromatic rings. The van der Waals surface area contributed by atoms with Crippen molar-refractivity contribution in [1.82, 2.24) is 4.31 Å². The highest BCUT2D eigenvalue weighted by Gasteiger charge is 2.40. The summed E-state index contributed by atoms with van der Waals surface area (Å²) in [5.74, 6) is 0. The highest BCUT2D eigenvalue weighted by molar-refractivity contribution is 7.89. The average molecular weight is 408 g/mol. The summed E-state index contributed by atoms with van der Waals surface area (Å²) in [4.78, 5) is -0.0958. The lowest BCUT2D eigenvalue weighted by molar-refractivity contribution is 0.155. The van der Waals surface area contributed by atoms with Crippen molar-refractivity contribution in [2.24, 2.45) is 11.1 Å². The molecule has 1 atom stereocenters. The summed E-state index contributed by atoms with van der Waals surface area (Å²) in [6, 6.07) is 2.71. The van der Waals surface area contributed by atoms with Crippen LogP contribution in [0.4, 0.5) is 0 Å². The van der Waals surface area contributed by atoms with E-state index in [1.165, 1.54) is 16.4 Å². The van der Waals surface area contributed by atoms with Gasteiger partial charge in [-0.3, -0.25) is 0 Å². The quantitative estimate of drug-likeness (QED) is 0.810. The Kier molecular flexibility index (Phi) is 6.47. The number of sulfonamides is 1. The van der Waals surface area contributed by atoms with Crippen molar-refractivity contribution >= 4 is 57.2 Å². The predicted octanol–water partition coefficient (Wildman–Crippen LogP) is 3.82. The maximum atomic E-state index is 12.8. The van der Waals surface area contributed by atoms with Crippen molar-refractivity contribution in [1.29, 1.82) is 0 Å². The van der Waals surface area contributed by atoms with E-state index in [2.05, 4.69) is 0 Å². The van der Waals surface area contributed by atoms with Gasteiger partial charge in [0.15, 0.2) is 0 Å². The minimum absolute atomic E-state index is 0. The van der Waals surface area contributed by atoms with Crippen LogP contribution in [0.2, 0.25) is 15.1 Å². The fourth-order valence-corrected chi connectivity index (χ4v) is 5.55. The summed E-state index contributed by atoms with van der Waals surface area (Å²) >= 11 is 17.9. The molecule has 22 heavy (non-hydrogen) atoms. The summed E-state index contributed by atoms with van der Waals surface area (Å²) in [7, 11) is -3.78. The molecule has 4 nitrogen and oxygen atoms in total. The lowest BCUT2D eigenvalue weighted by Gasteiger charge is -2.41. The molecule has 1 unspecified atom stereocenters. The van der Waals surface area contributed by atoms with Gasteiger partial charge in [0.25, 0.3) is 0 Å². The number of hydrogen-bond acceptors (Lipinski definition) is 3. The number of hydrogen-bond donors (Lipinski definition) is 1.